The molecule has 0 bridgehead atoms. The standard InChI is InChI=1S/C12H12O3.C4H11NO3/c1-7(13)10-4-11(8(2)14)6-12(5-10)9(3)15;5-4(1-6,2-7)3-8/h4-6H,1-3H3;6-8H,1-3,5H2. The summed E-state index contributed by atoms with van der Waals surface area (Å²) in [6.07, 6.45) is 0. The molecule has 0 aliphatic heterocycles. The van der Waals surface area contributed by atoms with Crippen LogP contribution in [-0.2, 0) is 0 Å². The molecule has 0 unspecified atom stereocenters. The highest BCUT2D eigenvalue weighted by Crippen LogP contribution is 2.12. The van der Waals surface area contributed by atoms with Crippen LogP contribution in [0.1, 0.15) is 51.8 Å². The van der Waals surface area contributed by atoms with Gasteiger partial charge in [0.25, 0.3) is 0 Å². The highest BCUT2D eigenvalue weighted by molar-refractivity contribution is 6.04. The third-order valence-electron chi connectivity index (χ3n) is 3.10. The number of rotatable bonds is 6. The van der Waals surface area contributed by atoms with Gasteiger partial charge < -0.3 is 21.1 Å². The fourth-order valence-electron chi connectivity index (χ4n) is 1.39. The third kappa shape index (κ3) is 6.79. The van der Waals surface area contributed by atoms with E-state index in [4.69, 9.17) is 21.1 Å². The van der Waals surface area contributed by atoms with E-state index in [0.717, 1.165) is 0 Å². The van der Waals surface area contributed by atoms with Crippen molar-refractivity contribution in [2.45, 2.75) is 26.3 Å². The number of nitrogens with two attached hydrogens (primary N) is 1. The van der Waals surface area contributed by atoms with Crippen LogP contribution in [0.25, 0.3) is 0 Å². The molecule has 23 heavy (non-hydrogen) atoms. The summed E-state index contributed by atoms with van der Waals surface area (Å²) in [4.78, 5) is 33.5. The zero-order valence-electron chi connectivity index (χ0n) is 13.5. The van der Waals surface area contributed by atoms with Gasteiger partial charge >= 0.3 is 0 Å². The van der Waals surface area contributed by atoms with E-state index in [1.807, 2.05) is 0 Å². The van der Waals surface area contributed by atoms with Crippen molar-refractivity contribution in [3.05, 3.63) is 34.9 Å². The Hall–Kier alpha value is -1.93. The van der Waals surface area contributed by atoms with Crippen molar-refractivity contribution in [2.24, 2.45) is 5.73 Å². The van der Waals surface area contributed by atoms with Gasteiger partial charge in [0, 0.05) is 16.7 Å². The van der Waals surface area contributed by atoms with Crippen LogP contribution in [0.5, 0.6) is 0 Å². The van der Waals surface area contributed by atoms with E-state index in [2.05, 4.69) is 0 Å². The summed E-state index contributed by atoms with van der Waals surface area (Å²) in [5, 5.41) is 25.0. The minimum Gasteiger partial charge on any atom is -0.394 e. The van der Waals surface area contributed by atoms with E-state index < -0.39 is 25.4 Å². The predicted octanol–water partition coefficient (Wildman–Crippen LogP) is -0.0448. The zero-order valence-corrected chi connectivity index (χ0v) is 13.5. The number of aliphatic hydroxyl groups is 3. The molecule has 7 heteroatoms. The number of hydrogen-bond acceptors (Lipinski definition) is 7. The Balaban J connectivity index is 0.000000515. The van der Waals surface area contributed by atoms with Crippen molar-refractivity contribution >= 4 is 17.3 Å². The summed E-state index contributed by atoms with van der Waals surface area (Å²) in [5.41, 5.74) is 5.13. The number of aliphatic hydroxyl groups excluding tert-OH is 3. The first-order valence-electron chi connectivity index (χ1n) is 6.89. The molecule has 5 N–H and O–H groups in total. The number of Topliss-reactive ketones (excluding diaryl/α,β-unsaturated/α-hetero) is 3. The molecule has 0 aromatic heterocycles. The predicted molar refractivity (Wildman–Crippen MR) is 84.6 cm³/mol. The van der Waals surface area contributed by atoms with Gasteiger partial charge in [-0.3, -0.25) is 14.4 Å². The number of benzene rings is 1. The Morgan fingerprint density at radius 2 is 1.00 bits per heavy atom. The van der Waals surface area contributed by atoms with Crippen LogP contribution in [0.4, 0.5) is 0 Å². The fraction of sp³-hybridized carbons (Fsp3) is 0.438. The summed E-state index contributed by atoms with van der Waals surface area (Å²) < 4.78 is 0. The summed E-state index contributed by atoms with van der Waals surface area (Å²) in [6.45, 7) is 3.01. The number of carbonyl (C=O) groups excluding carboxylic acids is 3. The van der Waals surface area contributed by atoms with E-state index in [0.29, 0.717) is 16.7 Å². The number of ketones is 3. The molecular weight excluding hydrogens is 302 g/mol. The van der Waals surface area contributed by atoms with Gasteiger partial charge in [-0.2, -0.15) is 0 Å². The monoisotopic (exact) mass is 325 g/mol. The van der Waals surface area contributed by atoms with Gasteiger partial charge in [0.2, 0.25) is 0 Å². The molecule has 1 aromatic rings. The van der Waals surface area contributed by atoms with Crippen LogP contribution in [-0.4, -0.2) is 58.0 Å². The van der Waals surface area contributed by atoms with E-state index in [1.165, 1.54) is 39.0 Å². The number of carbonyl (C=O) groups is 3. The Morgan fingerprint density at radius 1 is 0.783 bits per heavy atom. The lowest BCUT2D eigenvalue weighted by Crippen LogP contribution is -2.50. The lowest BCUT2D eigenvalue weighted by Gasteiger charge is -2.20. The summed E-state index contributed by atoms with van der Waals surface area (Å²) in [6, 6.07) is 4.53. The first kappa shape index (κ1) is 21.1. The molecule has 0 radical (unpaired) electrons. The van der Waals surface area contributed by atoms with Gasteiger partial charge in [0.1, 0.15) is 0 Å². The topological polar surface area (TPSA) is 138 Å². The smallest absolute Gasteiger partial charge is 0.159 e. The van der Waals surface area contributed by atoms with Gasteiger partial charge in [0.05, 0.1) is 25.4 Å². The molecule has 0 aliphatic carbocycles. The van der Waals surface area contributed by atoms with Crippen LogP contribution in [0.15, 0.2) is 18.2 Å². The largest absolute Gasteiger partial charge is 0.394 e. The van der Waals surface area contributed by atoms with Crippen LogP contribution in [0, 0.1) is 0 Å². The SMILES string of the molecule is CC(=O)c1cc(C(C)=O)cc(C(C)=O)c1.NC(CO)(CO)CO. The maximum atomic E-state index is 11.2. The lowest BCUT2D eigenvalue weighted by molar-refractivity contribution is 0.0697. The van der Waals surface area contributed by atoms with Crippen LogP contribution in [0.3, 0.4) is 0 Å². The molecule has 7 nitrogen and oxygen atoms in total. The zero-order chi connectivity index (χ0) is 18.2. The normalized spacial score (nSPS) is 10.6. The molecular formula is C16H23NO6. The second kappa shape index (κ2) is 9.26. The van der Waals surface area contributed by atoms with Crippen molar-refractivity contribution in [3.8, 4) is 0 Å². The molecule has 0 spiro atoms. The molecule has 1 aromatic carbocycles. The third-order valence-corrected chi connectivity index (χ3v) is 3.10. The summed E-state index contributed by atoms with van der Waals surface area (Å²) >= 11 is 0. The maximum Gasteiger partial charge on any atom is 0.159 e. The van der Waals surface area contributed by atoms with Crippen LogP contribution >= 0.6 is 0 Å². The quantitative estimate of drug-likeness (QED) is 0.538. The molecule has 0 saturated heterocycles. The van der Waals surface area contributed by atoms with Crippen molar-refractivity contribution in [3.63, 3.8) is 0 Å². The van der Waals surface area contributed by atoms with Crippen molar-refractivity contribution in [1.82, 2.24) is 0 Å². The van der Waals surface area contributed by atoms with Gasteiger partial charge in [-0.1, -0.05) is 0 Å². The highest BCUT2D eigenvalue weighted by Gasteiger charge is 2.20. The second-order valence-corrected chi connectivity index (χ2v) is 5.30. The average Bonchev–Trinajstić information content (AvgIpc) is 2.54. The first-order chi connectivity index (χ1) is 10.6. The molecule has 0 atom stereocenters. The van der Waals surface area contributed by atoms with Crippen LogP contribution in [0.2, 0.25) is 0 Å². The van der Waals surface area contributed by atoms with Gasteiger partial charge in [-0.05, 0) is 39.0 Å². The van der Waals surface area contributed by atoms with Crippen molar-refractivity contribution in [2.75, 3.05) is 19.8 Å². The second-order valence-electron chi connectivity index (χ2n) is 5.30. The summed E-state index contributed by atoms with van der Waals surface area (Å²) in [5.74, 6) is -0.457. The van der Waals surface area contributed by atoms with Crippen molar-refractivity contribution in [1.29, 1.82) is 0 Å². The lowest BCUT2D eigenvalue weighted by atomic mass is 10.00. The Kier molecular flexibility index (Phi) is 8.49. The van der Waals surface area contributed by atoms with Gasteiger partial charge in [-0.25, -0.2) is 0 Å². The van der Waals surface area contributed by atoms with E-state index >= 15 is 0 Å². The van der Waals surface area contributed by atoms with Gasteiger partial charge in [-0.15, -0.1) is 0 Å². The Bertz CT molecular complexity index is 491. The molecule has 0 fully saturated rings. The molecule has 128 valence electrons. The minimum atomic E-state index is -1.21. The molecule has 0 aliphatic rings. The van der Waals surface area contributed by atoms with E-state index in [1.54, 1.807) is 0 Å². The Labute approximate surface area is 134 Å². The van der Waals surface area contributed by atoms with Gasteiger partial charge in [0.15, 0.2) is 17.3 Å². The van der Waals surface area contributed by atoms with E-state index in [9.17, 15) is 14.4 Å². The summed E-state index contributed by atoms with van der Waals surface area (Å²) in [7, 11) is 0. The molecule has 1 rings (SSSR count). The molecule has 0 amide bonds. The number of hydrogen-bond donors (Lipinski definition) is 4. The van der Waals surface area contributed by atoms with E-state index in [-0.39, 0.29) is 17.3 Å². The molecule has 0 heterocycles. The fourth-order valence-corrected chi connectivity index (χ4v) is 1.39. The first-order valence-corrected chi connectivity index (χ1v) is 6.89. The van der Waals surface area contributed by atoms with Crippen molar-refractivity contribution < 1.29 is 29.7 Å². The minimum absolute atomic E-state index is 0.152. The molecule has 0 saturated carbocycles. The average molecular weight is 325 g/mol. The maximum absolute atomic E-state index is 11.2. The van der Waals surface area contributed by atoms with Crippen LogP contribution < -0.4 is 5.73 Å². The highest BCUT2D eigenvalue weighted by atomic mass is 16.3. The Morgan fingerprint density at radius 3 is 1.09 bits per heavy atom.